The molecule has 2 aromatic rings. The summed E-state index contributed by atoms with van der Waals surface area (Å²) >= 11 is 2.04. The summed E-state index contributed by atoms with van der Waals surface area (Å²) in [5.74, 6) is -0.277. The molecule has 2 rings (SSSR count). The van der Waals surface area contributed by atoms with Crippen LogP contribution in [0, 0.1) is 9.39 Å². The first-order valence-corrected chi connectivity index (χ1v) is 5.39. The molecule has 0 unspecified atom stereocenters. The van der Waals surface area contributed by atoms with Crippen molar-refractivity contribution in [2.75, 3.05) is 0 Å². The van der Waals surface area contributed by atoms with E-state index in [9.17, 15) is 4.39 Å². The number of aliphatic hydroxyl groups is 1. The summed E-state index contributed by atoms with van der Waals surface area (Å²) in [6, 6.07) is 6.17. The van der Waals surface area contributed by atoms with E-state index in [1.165, 1.54) is 12.1 Å². The number of hydrogen-bond acceptors (Lipinski definition) is 2. The molecule has 0 atom stereocenters. The molecule has 78 valence electrons. The van der Waals surface area contributed by atoms with Gasteiger partial charge in [0.05, 0.1) is 18.0 Å². The summed E-state index contributed by atoms with van der Waals surface area (Å²) in [5.41, 5.74) is 1.45. The highest BCUT2D eigenvalue weighted by atomic mass is 127. The highest BCUT2D eigenvalue weighted by Crippen LogP contribution is 2.19. The van der Waals surface area contributed by atoms with E-state index in [2.05, 4.69) is 5.10 Å². The summed E-state index contributed by atoms with van der Waals surface area (Å²) in [6.45, 7) is -0.0898. The Labute approximate surface area is 99.7 Å². The molecule has 5 heteroatoms. The maximum absolute atomic E-state index is 12.9. The largest absolute Gasteiger partial charge is 0.390 e. The van der Waals surface area contributed by atoms with Crippen molar-refractivity contribution in [1.29, 1.82) is 0 Å². The summed E-state index contributed by atoms with van der Waals surface area (Å²) in [4.78, 5) is 0. The van der Waals surface area contributed by atoms with Gasteiger partial charge in [-0.2, -0.15) is 5.10 Å². The molecule has 0 radical (unpaired) electrons. The summed E-state index contributed by atoms with van der Waals surface area (Å²) in [7, 11) is 0. The molecule has 0 aliphatic carbocycles. The minimum absolute atomic E-state index is 0.0898. The number of aliphatic hydroxyl groups excluding tert-OH is 1. The van der Waals surface area contributed by atoms with Crippen molar-refractivity contribution in [3.05, 3.63) is 45.5 Å². The lowest BCUT2D eigenvalue weighted by molar-refractivity contribution is 0.273. The van der Waals surface area contributed by atoms with E-state index in [1.54, 1.807) is 23.0 Å². The maximum atomic E-state index is 12.9. The van der Waals surface area contributed by atoms with Gasteiger partial charge in [0.1, 0.15) is 5.82 Å². The first-order chi connectivity index (χ1) is 7.22. The lowest BCUT2D eigenvalue weighted by Gasteiger charge is -2.07. The smallest absolute Gasteiger partial charge is 0.124 e. The van der Waals surface area contributed by atoms with Gasteiger partial charge in [0.15, 0.2) is 0 Å². The van der Waals surface area contributed by atoms with Crippen molar-refractivity contribution in [3.63, 3.8) is 0 Å². The summed E-state index contributed by atoms with van der Waals surface area (Å²) in [6.07, 6.45) is 1.60. The fraction of sp³-hybridized carbons (Fsp3) is 0.100. The molecule has 0 aliphatic heterocycles. The fourth-order valence-electron chi connectivity index (χ4n) is 1.32. The Kier molecular flexibility index (Phi) is 3.01. The van der Waals surface area contributed by atoms with Gasteiger partial charge in [0.2, 0.25) is 0 Å². The van der Waals surface area contributed by atoms with Crippen LogP contribution in [-0.4, -0.2) is 14.9 Å². The molecule has 1 heterocycles. The van der Waals surface area contributed by atoms with Crippen LogP contribution in [0.5, 0.6) is 0 Å². The van der Waals surface area contributed by atoms with Gasteiger partial charge in [-0.3, -0.25) is 0 Å². The molecule has 1 aromatic carbocycles. The monoisotopic (exact) mass is 318 g/mol. The minimum atomic E-state index is -0.277. The van der Waals surface area contributed by atoms with Crippen LogP contribution in [0.3, 0.4) is 0 Å². The molecule has 0 fully saturated rings. The molecule has 1 aromatic heterocycles. The summed E-state index contributed by atoms with van der Waals surface area (Å²) < 4.78 is 15.2. The SMILES string of the molecule is OCc1ccnn1-c1ccc(F)cc1I. The van der Waals surface area contributed by atoms with Gasteiger partial charge in [-0.05, 0) is 46.9 Å². The maximum Gasteiger partial charge on any atom is 0.124 e. The predicted molar refractivity (Wildman–Crippen MR) is 62.2 cm³/mol. The van der Waals surface area contributed by atoms with Gasteiger partial charge in [0, 0.05) is 9.77 Å². The lowest BCUT2D eigenvalue weighted by atomic mass is 10.3. The molecule has 0 saturated heterocycles. The van der Waals surface area contributed by atoms with Crippen LogP contribution < -0.4 is 0 Å². The van der Waals surface area contributed by atoms with Crippen LogP contribution >= 0.6 is 22.6 Å². The van der Waals surface area contributed by atoms with Crippen molar-refractivity contribution in [2.45, 2.75) is 6.61 Å². The zero-order chi connectivity index (χ0) is 10.8. The number of rotatable bonds is 2. The Morgan fingerprint density at radius 3 is 2.87 bits per heavy atom. The molecule has 0 bridgehead atoms. The first-order valence-electron chi connectivity index (χ1n) is 4.31. The molecule has 0 spiro atoms. The third-order valence-electron chi connectivity index (χ3n) is 2.02. The zero-order valence-electron chi connectivity index (χ0n) is 7.69. The van der Waals surface area contributed by atoms with Crippen LogP contribution in [0.1, 0.15) is 5.69 Å². The highest BCUT2D eigenvalue weighted by molar-refractivity contribution is 14.1. The third-order valence-corrected chi connectivity index (χ3v) is 2.89. The van der Waals surface area contributed by atoms with E-state index in [1.807, 2.05) is 22.6 Å². The number of nitrogens with zero attached hydrogens (tertiary/aromatic N) is 2. The van der Waals surface area contributed by atoms with Gasteiger partial charge in [-0.25, -0.2) is 9.07 Å². The van der Waals surface area contributed by atoms with E-state index in [0.29, 0.717) is 5.69 Å². The van der Waals surface area contributed by atoms with Gasteiger partial charge in [-0.15, -0.1) is 0 Å². The Hall–Kier alpha value is -0.950. The van der Waals surface area contributed by atoms with Crippen molar-refractivity contribution < 1.29 is 9.50 Å². The topological polar surface area (TPSA) is 38.1 Å². The molecular weight excluding hydrogens is 310 g/mol. The normalized spacial score (nSPS) is 10.6. The Morgan fingerprint density at radius 1 is 1.40 bits per heavy atom. The lowest BCUT2D eigenvalue weighted by Crippen LogP contribution is -2.04. The first kappa shape index (κ1) is 10.6. The van der Waals surface area contributed by atoms with Crippen LogP contribution in [0.15, 0.2) is 30.5 Å². The molecular formula is C10H8FIN2O. The second kappa shape index (κ2) is 4.28. The van der Waals surface area contributed by atoms with E-state index in [0.717, 1.165) is 9.26 Å². The summed E-state index contributed by atoms with van der Waals surface area (Å²) in [5, 5.41) is 13.2. The van der Waals surface area contributed by atoms with E-state index in [-0.39, 0.29) is 12.4 Å². The average molecular weight is 318 g/mol. The van der Waals surface area contributed by atoms with Crippen molar-refractivity contribution in [1.82, 2.24) is 9.78 Å². The number of halogens is 2. The van der Waals surface area contributed by atoms with Crippen molar-refractivity contribution in [3.8, 4) is 5.69 Å². The number of aromatic nitrogens is 2. The average Bonchev–Trinajstić information content (AvgIpc) is 2.65. The van der Waals surface area contributed by atoms with E-state index >= 15 is 0 Å². The van der Waals surface area contributed by atoms with Crippen LogP contribution in [0.2, 0.25) is 0 Å². The molecule has 0 saturated carbocycles. The van der Waals surface area contributed by atoms with Crippen molar-refractivity contribution in [2.24, 2.45) is 0 Å². The molecule has 15 heavy (non-hydrogen) atoms. The van der Waals surface area contributed by atoms with Crippen LogP contribution in [0.4, 0.5) is 4.39 Å². The second-order valence-electron chi connectivity index (χ2n) is 2.99. The Balaban J connectivity index is 2.54. The number of benzene rings is 1. The minimum Gasteiger partial charge on any atom is -0.390 e. The van der Waals surface area contributed by atoms with E-state index < -0.39 is 0 Å². The molecule has 0 aliphatic rings. The van der Waals surface area contributed by atoms with Gasteiger partial charge < -0.3 is 5.11 Å². The standard InChI is InChI=1S/C10H8FIN2O/c11-7-1-2-10(9(12)5-7)14-8(6-15)3-4-13-14/h1-5,15H,6H2. The van der Waals surface area contributed by atoms with Crippen LogP contribution in [-0.2, 0) is 6.61 Å². The Bertz CT molecular complexity index is 484. The molecule has 1 N–H and O–H groups in total. The fourth-order valence-corrected chi connectivity index (χ4v) is 2.03. The van der Waals surface area contributed by atoms with Gasteiger partial charge >= 0.3 is 0 Å². The molecule has 3 nitrogen and oxygen atoms in total. The molecule has 0 amide bonds. The van der Waals surface area contributed by atoms with Crippen molar-refractivity contribution >= 4 is 22.6 Å². The van der Waals surface area contributed by atoms with Gasteiger partial charge in [-0.1, -0.05) is 0 Å². The Morgan fingerprint density at radius 2 is 2.20 bits per heavy atom. The quantitative estimate of drug-likeness (QED) is 0.861. The second-order valence-corrected chi connectivity index (χ2v) is 4.15. The van der Waals surface area contributed by atoms with Gasteiger partial charge in [0.25, 0.3) is 0 Å². The van der Waals surface area contributed by atoms with E-state index in [4.69, 9.17) is 5.11 Å². The predicted octanol–water partition coefficient (Wildman–Crippen LogP) is 2.11. The number of hydrogen-bond donors (Lipinski definition) is 1. The third kappa shape index (κ3) is 2.03. The highest BCUT2D eigenvalue weighted by Gasteiger charge is 2.07. The van der Waals surface area contributed by atoms with Crippen LogP contribution in [0.25, 0.3) is 5.69 Å². The zero-order valence-corrected chi connectivity index (χ0v) is 9.85.